The van der Waals surface area contributed by atoms with Gasteiger partial charge in [-0.15, -0.1) is 0 Å². The van der Waals surface area contributed by atoms with Gasteiger partial charge in [-0.3, -0.25) is 4.79 Å². The summed E-state index contributed by atoms with van der Waals surface area (Å²) in [6, 6.07) is 12.5. The van der Waals surface area contributed by atoms with E-state index in [0.29, 0.717) is 34.0 Å². The molecule has 130 valence electrons. The second kappa shape index (κ2) is 6.89. The molecule has 1 unspecified atom stereocenters. The normalized spacial score (nSPS) is 12.0. The molecule has 5 heteroatoms. The molecule has 0 saturated carbocycles. The first-order valence-corrected chi connectivity index (χ1v) is 7.91. The van der Waals surface area contributed by atoms with E-state index in [9.17, 15) is 4.79 Å². The van der Waals surface area contributed by atoms with Gasteiger partial charge >= 0.3 is 0 Å². The molecular weight excluding hydrogens is 320 g/mol. The first-order valence-electron chi connectivity index (χ1n) is 7.91. The molecule has 0 amide bonds. The molecule has 3 aromatic rings. The quantitative estimate of drug-likeness (QED) is 0.703. The first-order chi connectivity index (χ1) is 12.1. The van der Waals surface area contributed by atoms with Gasteiger partial charge in [0.25, 0.3) is 0 Å². The van der Waals surface area contributed by atoms with Gasteiger partial charge in [-0.25, -0.2) is 0 Å². The zero-order valence-electron chi connectivity index (χ0n) is 14.7. The van der Waals surface area contributed by atoms with Crippen LogP contribution in [0.5, 0.6) is 17.2 Å². The molecule has 0 aliphatic heterocycles. The number of rotatable bonds is 5. The van der Waals surface area contributed by atoms with Gasteiger partial charge in [-0.05, 0) is 29.8 Å². The Hall–Kier alpha value is -2.95. The van der Waals surface area contributed by atoms with E-state index in [0.717, 1.165) is 5.56 Å². The van der Waals surface area contributed by atoms with Crippen molar-refractivity contribution in [3.63, 3.8) is 0 Å². The fourth-order valence-electron chi connectivity index (χ4n) is 2.87. The first kappa shape index (κ1) is 16.9. The third-order valence-electron chi connectivity index (χ3n) is 4.29. The van der Waals surface area contributed by atoms with Crippen LogP contribution in [-0.2, 0) is 0 Å². The molecule has 1 atom stereocenters. The van der Waals surface area contributed by atoms with Gasteiger partial charge in [-0.1, -0.05) is 19.1 Å². The van der Waals surface area contributed by atoms with Crippen molar-refractivity contribution in [1.29, 1.82) is 0 Å². The standard InChI is InChI=1S/C20H20O5/c1-12(13-8-9-15(22-2)19(10-13)24-4)18-11-14(21)20-16(23-3)6-5-7-17(20)25-18/h5-12H,1-4H3. The molecule has 1 aromatic heterocycles. The highest BCUT2D eigenvalue weighted by Crippen LogP contribution is 2.34. The largest absolute Gasteiger partial charge is 0.496 e. The van der Waals surface area contributed by atoms with E-state index in [1.165, 1.54) is 13.2 Å². The summed E-state index contributed by atoms with van der Waals surface area (Å²) in [6.45, 7) is 1.98. The average Bonchev–Trinajstić information content (AvgIpc) is 2.66. The second-order valence-electron chi connectivity index (χ2n) is 5.68. The molecule has 5 nitrogen and oxygen atoms in total. The number of methoxy groups -OCH3 is 3. The third-order valence-corrected chi connectivity index (χ3v) is 4.29. The molecule has 0 radical (unpaired) electrons. The average molecular weight is 340 g/mol. The lowest BCUT2D eigenvalue weighted by atomic mass is 9.97. The maximum Gasteiger partial charge on any atom is 0.196 e. The summed E-state index contributed by atoms with van der Waals surface area (Å²) in [6.07, 6.45) is 0. The predicted octanol–water partition coefficient (Wildman–Crippen LogP) is 3.97. The predicted molar refractivity (Wildman–Crippen MR) is 96.1 cm³/mol. The number of benzene rings is 2. The van der Waals surface area contributed by atoms with Crippen LogP contribution in [0, 0.1) is 0 Å². The lowest BCUT2D eigenvalue weighted by Crippen LogP contribution is -2.07. The smallest absolute Gasteiger partial charge is 0.196 e. The van der Waals surface area contributed by atoms with Crippen molar-refractivity contribution >= 4 is 11.0 Å². The van der Waals surface area contributed by atoms with E-state index < -0.39 is 0 Å². The zero-order valence-corrected chi connectivity index (χ0v) is 14.7. The second-order valence-corrected chi connectivity index (χ2v) is 5.68. The molecule has 0 N–H and O–H groups in total. The van der Waals surface area contributed by atoms with Crippen molar-refractivity contribution in [2.75, 3.05) is 21.3 Å². The number of ether oxygens (including phenoxy) is 3. The lowest BCUT2D eigenvalue weighted by molar-refractivity contribution is 0.354. The van der Waals surface area contributed by atoms with Gasteiger partial charge in [0, 0.05) is 12.0 Å². The van der Waals surface area contributed by atoms with Crippen LogP contribution in [0.25, 0.3) is 11.0 Å². The van der Waals surface area contributed by atoms with E-state index in [-0.39, 0.29) is 11.3 Å². The summed E-state index contributed by atoms with van der Waals surface area (Å²) in [7, 11) is 4.72. The summed E-state index contributed by atoms with van der Waals surface area (Å²) in [5.74, 6) is 2.26. The molecular formula is C20H20O5. The molecule has 0 fully saturated rings. The molecule has 2 aromatic carbocycles. The van der Waals surface area contributed by atoms with E-state index in [1.807, 2.05) is 25.1 Å². The number of hydrogen-bond donors (Lipinski definition) is 0. The molecule has 3 rings (SSSR count). The van der Waals surface area contributed by atoms with E-state index in [4.69, 9.17) is 18.6 Å². The number of hydrogen-bond acceptors (Lipinski definition) is 5. The Morgan fingerprint density at radius 3 is 2.28 bits per heavy atom. The monoisotopic (exact) mass is 340 g/mol. The van der Waals surface area contributed by atoms with Gasteiger partial charge in [0.2, 0.25) is 0 Å². The maximum absolute atomic E-state index is 12.6. The van der Waals surface area contributed by atoms with Gasteiger partial charge in [0.15, 0.2) is 16.9 Å². The summed E-state index contributed by atoms with van der Waals surface area (Å²) in [5.41, 5.74) is 1.35. The van der Waals surface area contributed by atoms with Crippen LogP contribution in [0.15, 0.2) is 51.7 Å². The summed E-state index contributed by atoms with van der Waals surface area (Å²) < 4.78 is 21.9. The van der Waals surface area contributed by atoms with Crippen LogP contribution in [0.1, 0.15) is 24.2 Å². The van der Waals surface area contributed by atoms with Crippen molar-refractivity contribution in [2.24, 2.45) is 0 Å². The fraction of sp³-hybridized carbons (Fsp3) is 0.250. The summed E-state index contributed by atoms with van der Waals surface area (Å²) in [4.78, 5) is 12.6. The third kappa shape index (κ3) is 3.05. The highest BCUT2D eigenvalue weighted by Gasteiger charge is 2.17. The molecule has 1 heterocycles. The highest BCUT2D eigenvalue weighted by molar-refractivity contribution is 5.83. The molecule has 0 saturated heterocycles. The minimum absolute atomic E-state index is 0.122. The van der Waals surface area contributed by atoms with E-state index in [1.54, 1.807) is 32.4 Å². The Kier molecular flexibility index (Phi) is 4.65. The van der Waals surface area contributed by atoms with Crippen LogP contribution in [0.4, 0.5) is 0 Å². The van der Waals surface area contributed by atoms with Gasteiger partial charge in [0.05, 0.1) is 21.3 Å². The molecule has 0 bridgehead atoms. The van der Waals surface area contributed by atoms with Crippen molar-refractivity contribution in [3.05, 3.63) is 64.0 Å². The molecule has 0 aliphatic rings. The van der Waals surface area contributed by atoms with Crippen LogP contribution in [-0.4, -0.2) is 21.3 Å². The Bertz CT molecular complexity index is 958. The minimum atomic E-state index is -0.124. The Morgan fingerprint density at radius 1 is 0.880 bits per heavy atom. The summed E-state index contributed by atoms with van der Waals surface area (Å²) in [5, 5.41) is 0.452. The van der Waals surface area contributed by atoms with Gasteiger partial charge in [-0.2, -0.15) is 0 Å². The highest BCUT2D eigenvalue weighted by atomic mass is 16.5. The topological polar surface area (TPSA) is 57.9 Å². The SMILES string of the molecule is COc1ccc(C(C)c2cc(=O)c3c(OC)cccc3o2)cc1OC. The van der Waals surface area contributed by atoms with Crippen LogP contribution in [0.3, 0.4) is 0 Å². The van der Waals surface area contributed by atoms with Crippen molar-refractivity contribution in [2.45, 2.75) is 12.8 Å². The Morgan fingerprint density at radius 2 is 1.60 bits per heavy atom. The lowest BCUT2D eigenvalue weighted by Gasteiger charge is -2.15. The van der Waals surface area contributed by atoms with Gasteiger partial charge in [0.1, 0.15) is 22.5 Å². The molecule has 25 heavy (non-hydrogen) atoms. The zero-order chi connectivity index (χ0) is 18.0. The van der Waals surface area contributed by atoms with Crippen molar-refractivity contribution in [3.8, 4) is 17.2 Å². The molecule has 0 aliphatic carbocycles. The fourth-order valence-corrected chi connectivity index (χ4v) is 2.87. The van der Waals surface area contributed by atoms with Crippen molar-refractivity contribution in [1.82, 2.24) is 0 Å². The summed E-state index contributed by atoms with van der Waals surface area (Å²) >= 11 is 0. The van der Waals surface area contributed by atoms with E-state index >= 15 is 0 Å². The minimum Gasteiger partial charge on any atom is -0.496 e. The van der Waals surface area contributed by atoms with Crippen molar-refractivity contribution < 1.29 is 18.6 Å². The molecule has 0 spiro atoms. The van der Waals surface area contributed by atoms with E-state index in [2.05, 4.69) is 0 Å². The van der Waals surface area contributed by atoms with Crippen LogP contribution >= 0.6 is 0 Å². The Balaban J connectivity index is 2.09. The van der Waals surface area contributed by atoms with Gasteiger partial charge < -0.3 is 18.6 Å². The maximum atomic E-state index is 12.6. The Labute approximate surface area is 145 Å². The number of fused-ring (bicyclic) bond motifs is 1. The van der Waals surface area contributed by atoms with Crippen LogP contribution < -0.4 is 19.6 Å². The van der Waals surface area contributed by atoms with Crippen LogP contribution in [0.2, 0.25) is 0 Å².